The minimum atomic E-state index is 0.262. The molecule has 1 atom stereocenters. The van der Waals surface area contributed by atoms with E-state index in [0.717, 1.165) is 44.0 Å². The van der Waals surface area contributed by atoms with Gasteiger partial charge in [-0.25, -0.2) is 9.97 Å². The normalized spacial score (nSPS) is 12.2. The van der Waals surface area contributed by atoms with Crippen molar-refractivity contribution in [2.75, 3.05) is 30.3 Å². The van der Waals surface area contributed by atoms with Crippen LogP contribution >= 0.6 is 0 Å². The molecule has 18 heavy (non-hydrogen) atoms. The minimum absolute atomic E-state index is 0.262. The van der Waals surface area contributed by atoms with Crippen LogP contribution in [0.4, 0.5) is 11.6 Å². The highest BCUT2D eigenvalue weighted by molar-refractivity contribution is 5.46. The number of aromatic nitrogens is 2. The number of anilines is 2. The second kappa shape index (κ2) is 8.69. The zero-order chi connectivity index (χ0) is 13.2. The summed E-state index contributed by atoms with van der Waals surface area (Å²) in [5, 5.41) is 15.4. The van der Waals surface area contributed by atoms with Crippen molar-refractivity contribution in [1.29, 1.82) is 0 Å². The molecular weight excluding hydrogens is 228 g/mol. The van der Waals surface area contributed by atoms with Gasteiger partial charge in [0.05, 0.1) is 0 Å². The molecule has 0 aliphatic carbocycles. The van der Waals surface area contributed by atoms with Crippen molar-refractivity contribution in [2.45, 2.75) is 33.1 Å². The lowest BCUT2D eigenvalue weighted by Crippen LogP contribution is -2.08. The summed E-state index contributed by atoms with van der Waals surface area (Å²) in [6, 6.07) is 1.92. The zero-order valence-corrected chi connectivity index (χ0v) is 11.3. The van der Waals surface area contributed by atoms with E-state index >= 15 is 0 Å². The molecule has 0 fully saturated rings. The van der Waals surface area contributed by atoms with Crippen LogP contribution < -0.4 is 10.6 Å². The molecule has 0 radical (unpaired) electrons. The van der Waals surface area contributed by atoms with Gasteiger partial charge in [0.1, 0.15) is 18.0 Å². The lowest BCUT2D eigenvalue weighted by Gasteiger charge is -2.09. The van der Waals surface area contributed by atoms with Crippen LogP contribution in [0.5, 0.6) is 0 Å². The van der Waals surface area contributed by atoms with Gasteiger partial charge in [0.2, 0.25) is 0 Å². The molecule has 1 aromatic rings. The summed E-state index contributed by atoms with van der Waals surface area (Å²) in [4.78, 5) is 8.32. The summed E-state index contributed by atoms with van der Waals surface area (Å²) >= 11 is 0. The summed E-state index contributed by atoms with van der Waals surface area (Å²) in [5.41, 5.74) is 0. The van der Waals surface area contributed by atoms with Gasteiger partial charge >= 0.3 is 0 Å². The van der Waals surface area contributed by atoms with E-state index < -0.39 is 0 Å². The van der Waals surface area contributed by atoms with Crippen molar-refractivity contribution in [3.8, 4) is 0 Å². The SMILES string of the molecule is CCCNc1cc(NCCCC(C)CO)ncn1. The molecule has 0 aliphatic heterocycles. The summed E-state index contributed by atoms with van der Waals surface area (Å²) in [6.45, 7) is 6.23. The number of nitrogens with one attached hydrogen (secondary N) is 2. The molecule has 1 heterocycles. The van der Waals surface area contributed by atoms with Crippen LogP contribution in [0.2, 0.25) is 0 Å². The van der Waals surface area contributed by atoms with Crippen LogP contribution in [0, 0.1) is 5.92 Å². The molecule has 0 aromatic carbocycles. The lowest BCUT2D eigenvalue weighted by atomic mass is 10.1. The second-order valence-electron chi connectivity index (χ2n) is 4.57. The van der Waals surface area contributed by atoms with E-state index in [9.17, 15) is 0 Å². The van der Waals surface area contributed by atoms with Gasteiger partial charge in [0.25, 0.3) is 0 Å². The molecule has 102 valence electrons. The van der Waals surface area contributed by atoms with E-state index in [0.29, 0.717) is 5.92 Å². The Morgan fingerprint density at radius 3 is 2.50 bits per heavy atom. The summed E-state index contributed by atoms with van der Waals surface area (Å²) in [5.74, 6) is 2.08. The highest BCUT2D eigenvalue weighted by atomic mass is 16.3. The van der Waals surface area contributed by atoms with Gasteiger partial charge in [0, 0.05) is 25.8 Å². The highest BCUT2D eigenvalue weighted by Gasteiger charge is 2.00. The predicted octanol–water partition coefficient (Wildman–Crippen LogP) is 2.12. The fourth-order valence-electron chi connectivity index (χ4n) is 1.56. The van der Waals surface area contributed by atoms with Crippen LogP contribution in [-0.4, -0.2) is 34.8 Å². The second-order valence-corrected chi connectivity index (χ2v) is 4.57. The highest BCUT2D eigenvalue weighted by Crippen LogP contribution is 2.09. The quantitative estimate of drug-likeness (QED) is 0.587. The molecular formula is C13H24N4O. The fourth-order valence-corrected chi connectivity index (χ4v) is 1.56. The van der Waals surface area contributed by atoms with Crippen molar-refractivity contribution in [3.63, 3.8) is 0 Å². The fraction of sp³-hybridized carbons (Fsp3) is 0.692. The molecule has 0 saturated heterocycles. The van der Waals surface area contributed by atoms with Crippen LogP contribution in [-0.2, 0) is 0 Å². The Morgan fingerprint density at radius 2 is 1.89 bits per heavy atom. The van der Waals surface area contributed by atoms with Crippen LogP contribution in [0.3, 0.4) is 0 Å². The largest absolute Gasteiger partial charge is 0.396 e. The Balaban J connectivity index is 2.29. The zero-order valence-electron chi connectivity index (χ0n) is 11.3. The summed E-state index contributed by atoms with van der Waals surface area (Å²) < 4.78 is 0. The van der Waals surface area contributed by atoms with Gasteiger partial charge in [-0.15, -0.1) is 0 Å². The number of aliphatic hydroxyl groups excluding tert-OH is 1. The number of hydrogen-bond acceptors (Lipinski definition) is 5. The van der Waals surface area contributed by atoms with E-state index in [1.807, 2.05) is 6.07 Å². The Hall–Kier alpha value is -1.36. The Labute approximate surface area is 109 Å². The van der Waals surface area contributed by atoms with Crippen molar-refractivity contribution in [3.05, 3.63) is 12.4 Å². The molecule has 1 unspecified atom stereocenters. The van der Waals surface area contributed by atoms with Gasteiger partial charge in [-0.1, -0.05) is 13.8 Å². The van der Waals surface area contributed by atoms with E-state index in [1.165, 1.54) is 0 Å². The molecule has 0 saturated carbocycles. The third-order valence-corrected chi connectivity index (χ3v) is 2.71. The van der Waals surface area contributed by atoms with Crippen LogP contribution in [0.25, 0.3) is 0 Å². The lowest BCUT2D eigenvalue weighted by molar-refractivity contribution is 0.229. The molecule has 3 N–H and O–H groups in total. The first-order valence-corrected chi connectivity index (χ1v) is 6.67. The number of nitrogens with zero attached hydrogens (tertiary/aromatic N) is 2. The molecule has 5 nitrogen and oxygen atoms in total. The first-order valence-electron chi connectivity index (χ1n) is 6.67. The van der Waals surface area contributed by atoms with E-state index in [2.05, 4.69) is 34.4 Å². The predicted molar refractivity (Wildman–Crippen MR) is 74.8 cm³/mol. The Morgan fingerprint density at radius 1 is 1.22 bits per heavy atom. The van der Waals surface area contributed by atoms with Gasteiger partial charge in [-0.05, 0) is 25.2 Å². The first kappa shape index (κ1) is 14.7. The molecule has 0 spiro atoms. The number of aliphatic hydroxyl groups is 1. The van der Waals surface area contributed by atoms with Crippen LogP contribution in [0.15, 0.2) is 12.4 Å². The van der Waals surface area contributed by atoms with E-state index in [4.69, 9.17) is 5.11 Å². The van der Waals surface area contributed by atoms with E-state index in [1.54, 1.807) is 6.33 Å². The average molecular weight is 252 g/mol. The van der Waals surface area contributed by atoms with Gasteiger partial charge < -0.3 is 15.7 Å². The molecule has 0 aliphatic rings. The van der Waals surface area contributed by atoms with Crippen LogP contribution in [0.1, 0.15) is 33.1 Å². The van der Waals surface area contributed by atoms with Gasteiger partial charge in [0.15, 0.2) is 0 Å². The molecule has 5 heteroatoms. The van der Waals surface area contributed by atoms with Gasteiger partial charge in [-0.3, -0.25) is 0 Å². The van der Waals surface area contributed by atoms with Crippen molar-refractivity contribution < 1.29 is 5.11 Å². The smallest absolute Gasteiger partial charge is 0.131 e. The summed E-state index contributed by atoms with van der Waals surface area (Å²) in [6.07, 6.45) is 4.70. The minimum Gasteiger partial charge on any atom is -0.396 e. The topological polar surface area (TPSA) is 70.1 Å². The number of rotatable bonds is 9. The van der Waals surface area contributed by atoms with Crippen molar-refractivity contribution in [2.24, 2.45) is 5.92 Å². The van der Waals surface area contributed by atoms with Gasteiger partial charge in [-0.2, -0.15) is 0 Å². The van der Waals surface area contributed by atoms with Crippen molar-refractivity contribution >= 4 is 11.6 Å². The standard InChI is InChI=1S/C13H24N4O/c1-3-6-14-12-8-13(17-10-16-12)15-7-4-5-11(2)9-18/h8,10-11,18H,3-7,9H2,1-2H3,(H2,14,15,16,17). The molecule has 0 amide bonds. The first-order chi connectivity index (χ1) is 8.76. The molecule has 1 aromatic heterocycles. The average Bonchev–Trinajstić information content (AvgIpc) is 2.41. The monoisotopic (exact) mass is 252 g/mol. The number of hydrogen-bond donors (Lipinski definition) is 3. The van der Waals surface area contributed by atoms with Crippen molar-refractivity contribution in [1.82, 2.24) is 9.97 Å². The molecule has 0 bridgehead atoms. The maximum Gasteiger partial charge on any atom is 0.131 e. The van der Waals surface area contributed by atoms with E-state index in [-0.39, 0.29) is 6.61 Å². The maximum atomic E-state index is 8.92. The third kappa shape index (κ3) is 5.82. The molecule has 1 rings (SSSR count). The maximum absolute atomic E-state index is 8.92. The Kier molecular flexibility index (Phi) is 7.10. The third-order valence-electron chi connectivity index (χ3n) is 2.71. The summed E-state index contributed by atoms with van der Waals surface area (Å²) in [7, 11) is 0. The Bertz CT molecular complexity index is 333.